The van der Waals surface area contributed by atoms with Crippen LogP contribution in [0.15, 0.2) is 65.6 Å². The molecule has 0 atom stereocenters. The first-order valence-corrected chi connectivity index (χ1v) is 9.99. The number of aromatic nitrogens is 2. The van der Waals surface area contributed by atoms with Crippen LogP contribution in [-0.4, -0.2) is 30.8 Å². The fourth-order valence-corrected chi connectivity index (χ4v) is 3.86. The molecule has 4 aromatic rings. The number of pyridine rings is 1. The lowest BCUT2D eigenvalue weighted by atomic mass is 9.94. The molecule has 4 rings (SSSR count). The Morgan fingerprint density at radius 3 is 2.81 bits per heavy atom. The van der Waals surface area contributed by atoms with Crippen molar-refractivity contribution in [1.29, 1.82) is 5.26 Å². The molecule has 0 fully saturated rings. The Kier molecular flexibility index (Phi) is 5.42. The van der Waals surface area contributed by atoms with E-state index < -0.39 is 0 Å². The van der Waals surface area contributed by atoms with Gasteiger partial charge in [-0.3, -0.25) is 4.99 Å². The molecule has 6 heteroatoms. The van der Waals surface area contributed by atoms with E-state index in [1.165, 1.54) is 0 Å². The minimum absolute atomic E-state index is 0.356. The van der Waals surface area contributed by atoms with Crippen LogP contribution in [0.5, 0.6) is 5.75 Å². The molecule has 0 amide bonds. The average molecular weight is 409 g/mol. The van der Waals surface area contributed by atoms with Gasteiger partial charge in [0, 0.05) is 41.3 Å². The summed E-state index contributed by atoms with van der Waals surface area (Å²) in [6.45, 7) is 5.66. The van der Waals surface area contributed by atoms with Crippen molar-refractivity contribution in [3.8, 4) is 22.9 Å². The standard InChI is InChI=1S/C25H23N5O/c1-5-16(27-2)15-30(3)25-20-10-9-17(31-4)13-21(20)24(23(14-26)29-25)19-7-6-8-22-18(19)11-12-28-22/h6-13,15,28H,2,5H2,1,3-4H3/b16-15-. The largest absolute Gasteiger partial charge is 0.497 e. The van der Waals surface area contributed by atoms with Gasteiger partial charge in [0.2, 0.25) is 0 Å². The third-order valence-corrected chi connectivity index (χ3v) is 5.40. The summed E-state index contributed by atoms with van der Waals surface area (Å²) in [5, 5.41) is 12.9. The van der Waals surface area contributed by atoms with Gasteiger partial charge in [-0.15, -0.1) is 0 Å². The molecule has 0 aliphatic rings. The van der Waals surface area contributed by atoms with E-state index in [2.05, 4.69) is 22.8 Å². The number of ether oxygens (including phenoxy) is 1. The summed E-state index contributed by atoms with van der Waals surface area (Å²) >= 11 is 0. The minimum atomic E-state index is 0.356. The van der Waals surface area contributed by atoms with Gasteiger partial charge in [-0.25, -0.2) is 4.98 Å². The lowest BCUT2D eigenvalue weighted by Gasteiger charge is -2.20. The molecule has 0 saturated carbocycles. The van der Waals surface area contributed by atoms with Crippen molar-refractivity contribution in [1.82, 2.24) is 9.97 Å². The normalized spacial score (nSPS) is 11.5. The maximum atomic E-state index is 10.1. The second kappa shape index (κ2) is 8.33. The lowest BCUT2D eigenvalue weighted by Crippen LogP contribution is -2.13. The van der Waals surface area contributed by atoms with Gasteiger partial charge < -0.3 is 14.6 Å². The third-order valence-electron chi connectivity index (χ3n) is 5.40. The molecule has 0 spiro atoms. The molecule has 6 nitrogen and oxygen atoms in total. The number of hydrogen-bond donors (Lipinski definition) is 1. The van der Waals surface area contributed by atoms with E-state index in [0.29, 0.717) is 11.5 Å². The number of anilines is 1. The predicted molar refractivity (Wildman–Crippen MR) is 127 cm³/mol. The average Bonchev–Trinajstić information content (AvgIpc) is 3.30. The molecule has 2 aromatic carbocycles. The van der Waals surface area contributed by atoms with Gasteiger partial charge in [-0.2, -0.15) is 5.26 Å². The molecular weight excluding hydrogens is 386 g/mol. The quantitative estimate of drug-likeness (QED) is 0.417. The highest BCUT2D eigenvalue weighted by molar-refractivity contribution is 6.09. The zero-order valence-corrected chi connectivity index (χ0v) is 17.8. The first kappa shape index (κ1) is 20.2. The van der Waals surface area contributed by atoms with Crippen LogP contribution < -0.4 is 9.64 Å². The number of nitrogens with one attached hydrogen (secondary N) is 1. The van der Waals surface area contributed by atoms with Crippen LogP contribution in [0.25, 0.3) is 32.8 Å². The van der Waals surface area contributed by atoms with Gasteiger partial charge in [0.1, 0.15) is 17.6 Å². The summed E-state index contributed by atoms with van der Waals surface area (Å²) in [6.07, 6.45) is 4.54. The van der Waals surface area contributed by atoms with E-state index in [0.717, 1.165) is 50.7 Å². The van der Waals surface area contributed by atoms with Crippen LogP contribution in [0.4, 0.5) is 5.82 Å². The van der Waals surface area contributed by atoms with Crippen molar-refractivity contribution in [2.75, 3.05) is 19.1 Å². The first-order chi connectivity index (χ1) is 15.1. The van der Waals surface area contributed by atoms with Gasteiger partial charge in [0.05, 0.1) is 12.8 Å². The molecule has 1 N–H and O–H groups in total. The van der Waals surface area contributed by atoms with Gasteiger partial charge in [0.25, 0.3) is 0 Å². The summed E-state index contributed by atoms with van der Waals surface area (Å²) in [4.78, 5) is 14.0. The molecular formula is C25H23N5O. The highest BCUT2D eigenvalue weighted by Crippen LogP contribution is 2.40. The van der Waals surface area contributed by atoms with E-state index >= 15 is 0 Å². The van der Waals surface area contributed by atoms with Crippen LogP contribution in [-0.2, 0) is 0 Å². The van der Waals surface area contributed by atoms with Gasteiger partial charge >= 0.3 is 0 Å². The number of hydrogen-bond acceptors (Lipinski definition) is 5. The topological polar surface area (TPSA) is 77.3 Å². The summed E-state index contributed by atoms with van der Waals surface area (Å²) < 4.78 is 5.50. The fraction of sp³-hybridized carbons (Fsp3) is 0.160. The number of H-pyrrole nitrogens is 1. The Hall–Kier alpha value is -4.11. The summed E-state index contributed by atoms with van der Waals surface area (Å²) in [7, 11) is 3.54. The van der Waals surface area contributed by atoms with Crippen LogP contribution in [0, 0.1) is 11.3 Å². The number of allylic oxidation sites excluding steroid dienone is 1. The van der Waals surface area contributed by atoms with E-state index in [9.17, 15) is 5.26 Å². The Morgan fingerprint density at radius 1 is 1.26 bits per heavy atom. The highest BCUT2D eigenvalue weighted by atomic mass is 16.5. The molecule has 2 aromatic heterocycles. The van der Waals surface area contributed by atoms with Crippen molar-refractivity contribution in [2.24, 2.45) is 4.99 Å². The summed E-state index contributed by atoms with van der Waals surface area (Å²) in [6, 6.07) is 16.2. The predicted octanol–water partition coefficient (Wildman–Crippen LogP) is 5.65. The van der Waals surface area contributed by atoms with Gasteiger partial charge in [-0.05, 0) is 54.4 Å². The Labute approximate surface area is 181 Å². The number of benzene rings is 2. The van der Waals surface area contributed by atoms with Crippen molar-refractivity contribution in [3.63, 3.8) is 0 Å². The fourth-order valence-electron chi connectivity index (χ4n) is 3.86. The number of fused-ring (bicyclic) bond motifs is 2. The Morgan fingerprint density at radius 2 is 2.10 bits per heavy atom. The zero-order chi connectivity index (χ0) is 22.0. The van der Waals surface area contributed by atoms with Crippen LogP contribution >= 0.6 is 0 Å². The summed E-state index contributed by atoms with van der Waals surface area (Å²) in [5.74, 6) is 1.39. The number of rotatable bonds is 6. The zero-order valence-electron chi connectivity index (χ0n) is 17.8. The van der Waals surface area contributed by atoms with Crippen molar-refractivity contribution in [2.45, 2.75) is 13.3 Å². The van der Waals surface area contributed by atoms with Crippen molar-refractivity contribution < 1.29 is 4.74 Å². The molecule has 0 bridgehead atoms. The molecule has 0 unspecified atom stereocenters. The monoisotopic (exact) mass is 409 g/mol. The second-order valence-electron chi connectivity index (χ2n) is 7.17. The molecule has 0 aliphatic carbocycles. The number of aliphatic imine (C=N–C) groups is 1. The maximum absolute atomic E-state index is 10.1. The Balaban J connectivity index is 2.09. The van der Waals surface area contributed by atoms with Crippen LogP contribution in [0.2, 0.25) is 0 Å². The molecule has 2 heterocycles. The van der Waals surface area contributed by atoms with Gasteiger partial charge in [0.15, 0.2) is 5.69 Å². The SMILES string of the molecule is C=N/C(=C\N(C)c1nc(C#N)c(-c2cccc3[nH]ccc23)c2cc(OC)ccc12)CC. The first-order valence-electron chi connectivity index (χ1n) is 9.99. The van der Waals surface area contributed by atoms with Crippen LogP contribution in [0.3, 0.4) is 0 Å². The third kappa shape index (κ3) is 3.51. The van der Waals surface area contributed by atoms with E-state index in [1.807, 2.05) is 73.7 Å². The number of methoxy groups -OCH3 is 1. The molecule has 154 valence electrons. The smallest absolute Gasteiger partial charge is 0.151 e. The highest BCUT2D eigenvalue weighted by Gasteiger charge is 2.20. The molecule has 0 radical (unpaired) electrons. The van der Waals surface area contributed by atoms with Crippen LogP contribution in [0.1, 0.15) is 19.0 Å². The number of nitrogens with zero attached hydrogens (tertiary/aromatic N) is 4. The van der Waals surface area contributed by atoms with Crippen molar-refractivity contribution >= 4 is 34.2 Å². The second-order valence-corrected chi connectivity index (χ2v) is 7.17. The van der Waals surface area contributed by atoms with Crippen molar-refractivity contribution in [3.05, 3.63) is 66.3 Å². The molecule has 0 aliphatic heterocycles. The summed E-state index contributed by atoms with van der Waals surface area (Å²) in [5.41, 5.74) is 3.94. The van der Waals surface area contributed by atoms with Gasteiger partial charge in [-0.1, -0.05) is 19.1 Å². The van der Waals surface area contributed by atoms with E-state index in [1.54, 1.807) is 7.11 Å². The molecule has 31 heavy (non-hydrogen) atoms. The lowest BCUT2D eigenvalue weighted by molar-refractivity contribution is 0.415. The van der Waals surface area contributed by atoms with E-state index in [-0.39, 0.29) is 0 Å². The van der Waals surface area contributed by atoms with E-state index in [4.69, 9.17) is 9.72 Å². The maximum Gasteiger partial charge on any atom is 0.151 e. The Bertz CT molecular complexity index is 1360. The number of aromatic amines is 1. The number of nitriles is 1. The minimum Gasteiger partial charge on any atom is -0.497 e. The molecule has 0 saturated heterocycles.